The number of amides is 2. The highest BCUT2D eigenvalue weighted by Crippen LogP contribution is 2.23. The Kier molecular flexibility index (Phi) is 8.77. The molecule has 0 radical (unpaired) electrons. The molecule has 2 aliphatic rings. The molecular formula is C28H38N4O3. The first-order chi connectivity index (χ1) is 17.0. The molecule has 2 heterocycles. The van der Waals surface area contributed by atoms with Gasteiger partial charge in [-0.15, -0.1) is 0 Å². The molecule has 1 atom stereocenters. The molecule has 1 unspecified atom stereocenters. The summed E-state index contributed by atoms with van der Waals surface area (Å²) in [5, 5.41) is 2.96. The number of nitrogens with zero attached hydrogens (tertiary/aromatic N) is 3. The van der Waals surface area contributed by atoms with Crippen molar-refractivity contribution in [3.05, 3.63) is 60.2 Å². The largest absolute Gasteiger partial charge is 0.378 e. The highest BCUT2D eigenvalue weighted by molar-refractivity contribution is 5.93. The summed E-state index contributed by atoms with van der Waals surface area (Å²) in [7, 11) is 1.84. The second kappa shape index (κ2) is 12.2. The van der Waals surface area contributed by atoms with E-state index in [0.717, 1.165) is 70.0 Å². The number of morpholine rings is 1. The molecule has 7 nitrogen and oxygen atoms in total. The Balaban J connectivity index is 1.20. The van der Waals surface area contributed by atoms with E-state index in [9.17, 15) is 9.59 Å². The third-order valence-electron chi connectivity index (χ3n) is 7.23. The summed E-state index contributed by atoms with van der Waals surface area (Å²) in [5.74, 6) is 0.607. The van der Waals surface area contributed by atoms with E-state index in [1.54, 1.807) is 0 Å². The van der Waals surface area contributed by atoms with Crippen LogP contribution in [0.3, 0.4) is 0 Å². The number of carbonyl (C=O) groups is 2. The van der Waals surface area contributed by atoms with Crippen molar-refractivity contribution in [2.24, 2.45) is 5.92 Å². The topological polar surface area (TPSA) is 65.1 Å². The first-order valence-electron chi connectivity index (χ1n) is 12.7. The molecule has 0 saturated carbocycles. The number of carbonyl (C=O) groups excluding carboxylic acids is 2. The molecule has 7 heteroatoms. The van der Waals surface area contributed by atoms with Crippen LogP contribution in [0, 0.1) is 5.92 Å². The number of piperidine rings is 1. The van der Waals surface area contributed by atoms with Gasteiger partial charge in [-0.1, -0.05) is 30.3 Å². The van der Waals surface area contributed by atoms with Gasteiger partial charge < -0.3 is 19.9 Å². The summed E-state index contributed by atoms with van der Waals surface area (Å²) in [6.45, 7) is 6.89. The van der Waals surface area contributed by atoms with Crippen LogP contribution in [-0.4, -0.2) is 80.6 Å². The SMILES string of the molecule is CC(C(=O)N1CCC(Cc2ccccc2)CC1)N(C)CC(=O)Nc1ccc(N2CCOCC2)cc1. The van der Waals surface area contributed by atoms with Gasteiger partial charge in [0.2, 0.25) is 11.8 Å². The summed E-state index contributed by atoms with van der Waals surface area (Å²) < 4.78 is 5.41. The minimum Gasteiger partial charge on any atom is -0.378 e. The molecule has 2 fully saturated rings. The monoisotopic (exact) mass is 478 g/mol. The number of benzene rings is 2. The summed E-state index contributed by atoms with van der Waals surface area (Å²) in [6.07, 6.45) is 3.13. The average molecular weight is 479 g/mol. The summed E-state index contributed by atoms with van der Waals surface area (Å²) in [6, 6.07) is 18.1. The van der Waals surface area contributed by atoms with E-state index in [0.29, 0.717) is 5.92 Å². The molecule has 4 rings (SSSR count). The van der Waals surface area contributed by atoms with Gasteiger partial charge in [-0.3, -0.25) is 14.5 Å². The van der Waals surface area contributed by atoms with E-state index in [1.807, 2.05) is 54.1 Å². The Bertz CT molecular complexity index is 952. The smallest absolute Gasteiger partial charge is 0.239 e. The lowest BCUT2D eigenvalue weighted by molar-refractivity contribution is -0.137. The van der Waals surface area contributed by atoms with E-state index >= 15 is 0 Å². The molecule has 2 amide bonds. The van der Waals surface area contributed by atoms with E-state index in [-0.39, 0.29) is 24.4 Å². The zero-order valence-corrected chi connectivity index (χ0v) is 21.0. The predicted molar refractivity (Wildman–Crippen MR) is 140 cm³/mol. The number of anilines is 2. The molecule has 0 aromatic heterocycles. The van der Waals surface area contributed by atoms with Crippen molar-refractivity contribution in [1.29, 1.82) is 0 Å². The number of hydrogen-bond acceptors (Lipinski definition) is 5. The molecule has 2 aromatic rings. The number of likely N-dealkylation sites (N-methyl/N-ethyl adjacent to an activating group) is 1. The summed E-state index contributed by atoms with van der Waals surface area (Å²) >= 11 is 0. The van der Waals surface area contributed by atoms with Crippen molar-refractivity contribution in [2.45, 2.75) is 32.2 Å². The lowest BCUT2D eigenvalue weighted by atomic mass is 9.90. The van der Waals surface area contributed by atoms with Crippen LogP contribution in [0.2, 0.25) is 0 Å². The van der Waals surface area contributed by atoms with Gasteiger partial charge in [0.1, 0.15) is 0 Å². The van der Waals surface area contributed by atoms with Crippen LogP contribution >= 0.6 is 0 Å². The summed E-state index contributed by atoms with van der Waals surface area (Å²) in [4.78, 5) is 31.8. The molecule has 188 valence electrons. The first-order valence-corrected chi connectivity index (χ1v) is 12.7. The quantitative estimate of drug-likeness (QED) is 0.631. The fourth-order valence-electron chi connectivity index (χ4n) is 4.90. The minimum atomic E-state index is -0.338. The fraction of sp³-hybridized carbons (Fsp3) is 0.500. The maximum atomic E-state index is 13.1. The van der Waals surface area contributed by atoms with Gasteiger partial charge in [0, 0.05) is 37.6 Å². The number of likely N-dealkylation sites (tertiary alicyclic amines) is 1. The first kappa shape index (κ1) is 25.2. The van der Waals surface area contributed by atoms with Gasteiger partial charge in [-0.25, -0.2) is 0 Å². The third kappa shape index (κ3) is 7.05. The minimum absolute atomic E-state index is 0.105. The molecule has 2 aromatic carbocycles. The van der Waals surface area contributed by atoms with Crippen LogP contribution in [0.4, 0.5) is 11.4 Å². The van der Waals surface area contributed by atoms with Crippen LogP contribution in [0.5, 0.6) is 0 Å². The van der Waals surface area contributed by atoms with Crippen LogP contribution in [-0.2, 0) is 20.7 Å². The van der Waals surface area contributed by atoms with Crippen molar-refractivity contribution in [2.75, 3.05) is 63.2 Å². The number of rotatable bonds is 8. The van der Waals surface area contributed by atoms with Crippen molar-refractivity contribution in [1.82, 2.24) is 9.80 Å². The number of hydrogen-bond donors (Lipinski definition) is 1. The average Bonchev–Trinajstić information content (AvgIpc) is 2.90. The van der Waals surface area contributed by atoms with Gasteiger partial charge >= 0.3 is 0 Å². The molecule has 2 saturated heterocycles. The zero-order chi connectivity index (χ0) is 24.6. The Morgan fingerprint density at radius 2 is 1.66 bits per heavy atom. The van der Waals surface area contributed by atoms with E-state index in [4.69, 9.17) is 4.74 Å². The van der Waals surface area contributed by atoms with Gasteiger partial charge in [0.15, 0.2) is 0 Å². The number of nitrogens with one attached hydrogen (secondary N) is 1. The second-order valence-electron chi connectivity index (χ2n) is 9.74. The van der Waals surface area contributed by atoms with Crippen molar-refractivity contribution >= 4 is 23.2 Å². The fourth-order valence-corrected chi connectivity index (χ4v) is 4.90. The Morgan fingerprint density at radius 3 is 2.31 bits per heavy atom. The molecule has 35 heavy (non-hydrogen) atoms. The predicted octanol–water partition coefficient (Wildman–Crippen LogP) is 3.26. The van der Waals surface area contributed by atoms with Crippen LogP contribution in [0.15, 0.2) is 54.6 Å². The van der Waals surface area contributed by atoms with Gasteiger partial charge in [-0.05, 0) is 69.0 Å². The molecule has 2 aliphatic heterocycles. The maximum Gasteiger partial charge on any atom is 0.239 e. The van der Waals surface area contributed by atoms with Gasteiger partial charge in [0.05, 0.1) is 25.8 Å². The van der Waals surface area contributed by atoms with E-state index in [2.05, 4.69) is 34.5 Å². The van der Waals surface area contributed by atoms with E-state index < -0.39 is 0 Å². The van der Waals surface area contributed by atoms with Crippen LogP contribution < -0.4 is 10.2 Å². The van der Waals surface area contributed by atoms with Gasteiger partial charge in [-0.2, -0.15) is 0 Å². The highest BCUT2D eigenvalue weighted by atomic mass is 16.5. The van der Waals surface area contributed by atoms with E-state index in [1.165, 1.54) is 5.56 Å². The summed E-state index contributed by atoms with van der Waals surface area (Å²) in [5.41, 5.74) is 3.27. The molecule has 0 aliphatic carbocycles. The van der Waals surface area contributed by atoms with Crippen molar-refractivity contribution in [3.8, 4) is 0 Å². The third-order valence-corrected chi connectivity index (χ3v) is 7.23. The normalized spacial score (nSPS) is 17.9. The maximum absolute atomic E-state index is 13.1. The standard InChI is InChI=1S/C28H38N4O3/c1-22(28(34)32-14-12-24(13-15-32)20-23-6-4-3-5-7-23)30(2)21-27(33)29-25-8-10-26(11-9-25)31-16-18-35-19-17-31/h3-11,22,24H,12-21H2,1-2H3,(H,29,33). The Hall–Kier alpha value is -2.90. The second-order valence-corrected chi connectivity index (χ2v) is 9.74. The zero-order valence-electron chi connectivity index (χ0n) is 21.0. The van der Waals surface area contributed by atoms with Crippen molar-refractivity contribution in [3.63, 3.8) is 0 Å². The Morgan fingerprint density at radius 1 is 1.00 bits per heavy atom. The molecule has 0 bridgehead atoms. The molecule has 0 spiro atoms. The number of ether oxygens (including phenoxy) is 1. The van der Waals surface area contributed by atoms with Crippen LogP contribution in [0.1, 0.15) is 25.3 Å². The van der Waals surface area contributed by atoms with Crippen molar-refractivity contribution < 1.29 is 14.3 Å². The lowest BCUT2D eigenvalue weighted by Crippen LogP contribution is -2.50. The van der Waals surface area contributed by atoms with Gasteiger partial charge in [0.25, 0.3) is 0 Å². The Labute approximate surface area is 209 Å². The molecule has 1 N–H and O–H groups in total. The highest BCUT2D eigenvalue weighted by Gasteiger charge is 2.28. The van der Waals surface area contributed by atoms with Crippen LogP contribution in [0.25, 0.3) is 0 Å². The lowest BCUT2D eigenvalue weighted by Gasteiger charge is -2.35. The molecular weight excluding hydrogens is 440 g/mol.